The summed E-state index contributed by atoms with van der Waals surface area (Å²) < 4.78 is 18.8. The van der Waals surface area contributed by atoms with Gasteiger partial charge in [0.25, 0.3) is 5.91 Å². The molecule has 8 rings (SSSR count). The van der Waals surface area contributed by atoms with Crippen LogP contribution in [0.5, 0.6) is 0 Å². The second kappa shape index (κ2) is 18.3. The van der Waals surface area contributed by atoms with Gasteiger partial charge in [0.1, 0.15) is 12.6 Å². The van der Waals surface area contributed by atoms with Gasteiger partial charge in [-0.25, -0.2) is 14.8 Å². The van der Waals surface area contributed by atoms with Gasteiger partial charge in [0, 0.05) is 56.6 Å². The summed E-state index contributed by atoms with van der Waals surface area (Å²) in [6.45, 7) is 6.43. The standard InChI is InChI=1S/C46H48N6O7/c1-31-40(28-50-21-23-51(24-22-50)45-47-19-6-20-48-45)58-44(59-42(31)36-13-11-32(29-53)12-14-36)37-17-15-35(16-18-37)38-10-5-9-34(25-38)27-52-41(54)26-39(43(52)55)49-46(56)57-30-33-7-3-2-4-8-33/h2-20,25,31,39-40,42,44,53H,21-24,26-30H2,1H3,(H,49,56). The Labute approximate surface area is 343 Å². The van der Waals surface area contributed by atoms with Crippen LogP contribution >= 0.6 is 0 Å². The maximum absolute atomic E-state index is 13.2. The minimum absolute atomic E-state index is 0.0225. The Balaban J connectivity index is 0.922. The van der Waals surface area contributed by atoms with Crippen molar-refractivity contribution in [2.24, 2.45) is 5.92 Å². The molecule has 3 aliphatic heterocycles. The van der Waals surface area contributed by atoms with Gasteiger partial charge >= 0.3 is 6.09 Å². The minimum Gasteiger partial charge on any atom is -0.445 e. The Morgan fingerprint density at radius 2 is 1.51 bits per heavy atom. The number of nitrogens with one attached hydrogen (secondary N) is 1. The molecule has 59 heavy (non-hydrogen) atoms. The van der Waals surface area contributed by atoms with Crippen LogP contribution in [0.3, 0.4) is 0 Å². The molecule has 13 heteroatoms. The van der Waals surface area contributed by atoms with Gasteiger partial charge in [-0.05, 0) is 45.5 Å². The number of rotatable bonds is 12. The number of ether oxygens (including phenoxy) is 3. The molecule has 5 unspecified atom stereocenters. The molecule has 3 amide bonds. The van der Waals surface area contributed by atoms with E-state index in [2.05, 4.69) is 32.0 Å². The fraction of sp³-hybridized carbons (Fsp3) is 0.326. The third-order valence-electron chi connectivity index (χ3n) is 11.3. The van der Waals surface area contributed by atoms with Crippen LogP contribution in [0.4, 0.5) is 10.7 Å². The highest BCUT2D eigenvalue weighted by Crippen LogP contribution is 2.42. The lowest BCUT2D eigenvalue weighted by Gasteiger charge is -2.44. The van der Waals surface area contributed by atoms with Crippen LogP contribution in [0.2, 0.25) is 0 Å². The summed E-state index contributed by atoms with van der Waals surface area (Å²) in [6, 6.07) is 33.8. The molecule has 2 N–H and O–H groups in total. The molecule has 0 spiro atoms. The zero-order valence-corrected chi connectivity index (χ0v) is 32.9. The zero-order valence-electron chi connectivity index (χ0n) is 32.9. The van der Waals surface area contributed by atoms with E-state index in [9.17, 15) is 19.5 Å². The van der Waals surface area contributed by atoms with Gasteiger partial charge in [-0.3, -0.25) is 19.4 Å². The van der Waals surface area contributed by atoms with Gasteiger partial charge in [-0.1, -0.05) is 104 Å². The molecule has 0 radical (unpaired) electrons. The van der Waals surface area contributed by atoms with Crippen molar-refractivity contribution >= 4 is 23.9 Å². The Hall–Kier alpha value is -5.99. The number of imide groups is 1. The lowest BCUT2D eigenvalue weighted by Crippen LogP contribution is -2.51. The van der Waals surface area contributed by atoms with E-state index in [1.165, 1.54) is 4.90 Å². The zero-order chi connectivity index (χ0) is 40.7. The fourth-order valence-electron chi connectivity index (χ4n) is 7.90. The quantitative estimate of drug-likeness (QED) is 0.148. The number of carbonyl (C=O) groups excluding carboxylic acids is 3. The van der Waals surface area contributed by atoms with E-state index in [0.29, 0.717) is 0 Å². The molecular weight excluding hydrogens is 749 g/mol. The fourth-order valence-corrected chi connectivity index (χ4v) is 7.90. The number of anilines is 1. The van der Waals surface area contributed by atoms with Crippen molar-refractivity contribution in [2.75, 3.05) is 37.6 Å². The number of piperazine rings is 1. The number of nitrogens with zero attached hydrogens (tertiary/aromatic N) is 5. The first-order chi connectivity index (χ1) is 28.8. The van der Waals surface area contributed by atoms with Gasteiger partial charge < -0.3 is 29.5 Å². The van der Waals surface area contributed by atoms with Crippen LogP contribution in [-0.4, -0.2) is 87.7 Å². The molecule has 0 bridgehead atoms. The average Bonchev–Trinajstić information content (AvgIpc) is 3.54. The van der Waals surface area contributed by atoms with Crippen LogP contribution in [0.1, 0.15) is 53.6 Å². The molecule has 1 aromatic heterocycles. The Kier molecular flexibility index (Phi) is 12.3. The molecule has 0 aliphatic carbocycles. The second-order valence-corrected chi connectivity index (χ2v) is 15.3. The Morgan fingerprint density at radius 3 is 2.24 bits per heavy atom. The molecule has 4 heterocycles. The Morgan fingerprint density at radius 1 is 0.797 bits per heavy atom. The normalized spacial score (nSPS) is 22.4. The number of likely N-dealkylation sites (tertiary alicyclic amines) is 1. The number of amides is 3. The van der Waals surface area contributed by atoms with E-state index < -0.39 is 24.3 Å². The van der Waals surface area contributed by atoms with Crippen LogP contribution in [-0.2, 0) is 43.6 Å². The maximum Gasteiger partial charge on any atom is 0.408 e. The van der Waals surface area contributed by atoms with Crippen molar-refractivity contribution in [2.45, 2.75) is 57.6 Å². The molecule has 5 atom stereocenters. The molecule has 304 valence electrons. The molecule has 3 saturated heterocycles. The van der Waals surface area contributed by atoms with E-state index in [1.807, 2.05) is 109 Å². The number of hydrogen-bond donors (Lipinski definition) is 2. The Bertz CT molecular complexity index is 2200. The third-order valence-corrected chi connectivity index (χ3v) is 11.3. The van der Waals surface area contributed by atoms with Crippen LogP contribution in [0.15, 0.2) is 122 Å². The van der Waals surface area contributed by atoms with Gasteiger partial charge in [0.2, 0.25) is 11.9 Å². The van der Waals surface area contributed by atoms with E-state index in [-0.39, 0.29) is 50.2 Å². The predicted molar refractivity (Wildman–Crippen MR) is 219 cm³/mol. The number of alkyl carbamates (subject to hydrolysis) is 1. The first kappa shape index (κ1) is 39.8. The number of aromatic nitrogens is 2. The van der Waals surface area contributed by atoms with Crippen molar-refractivity contribution < 1.29 is 33.7 Å². The number of carbonyl (C=O) groups is 3. The summed E-state index contributed by atoms with van der Waals surface area (Å²) in [5.41, 5.74) is 6.24. The molecule has 3 aliphatic rings. The molecule has 0 saturated carbocycles. The highest BCUT2D eigenvalue weighted by atomic mass is 16.7. The molecule has 13 nitrogen and oxygen atoms in total. The van der Waals surface area contributed by atoms with Crippen molar-refractivity contribution in [3.63, 3.8) is 0 Å². The first-order valence-corrected chi connectivity index (χ1v) is 20.1. The SMILES string of the molecule is CC1C(CN2CCN(c3ncccn3)CC2)OC(c2ccc(-c3cccc(CN4C(=O)CC(NC(=O)OCc5ccccc5)C4=O)c3)cc2)OC1c1ccc(CO)cc1. The number of hydrogen-bond acceptors (Lipinski definition) is 11. The molecule has 5 aromatic rings. The molecule has 4 aromatic carbocycles. The van der Waals surface area contributed by atoms with E-state index in [4.69, 9.17) is 14.2 Å². The third kappa shape index (κ3) is 9.50. The van der Waals surface area contributed by atoms with Crippen LogP contribution in [0.25, 0.3) is 11.1 Å². The average molecular weight is 797 g/mol. The summed E-state index contributed by atoms with van der Waals surface area (Å²) in [5, 5.41) is 12.2. The first-order valence-electron chi connectivity index (χ1n) is 20.1. The summed E-state index contributed by atoms with van der Waals surface area (Å²) in [6.07, 6.45) is 1.72. The van der Waals surface area contributed by atoms with Crippen molar-refractivity contribution in [1.29, 1.82) is 0 Å². The smallest absolute Gasteiger partial charge is 0.408 e. The van der Waals surface area contributed by atoms with Crippen LogP contribution in [0, 0.1) is 5.92 Å². The number of aliphatic hydroxyl groups excluding tert-OH is 1. The molecular formula is C46H48N6O7. The monoisotopic (exact) mass is 796 g/mol. The van der Waals surface area contributed by atoms with Crippen molar-refractivity contribution in [3.05, 3.63) is 149 Å². The predicted octanol–water partition coefficient (Wildman–Crippen LogP) is 5.80. The highest BCUT2D eigenvalue weighted by molar-refractivity contribution is 6.06. The maximum atomic E-state index is 13.2. The van der Waals surface area contributed by atoms with Gasteiger partial charge in [0.05, 0.1) is 31.8 Å². The topological polar surface area (TPSA) is 147 Å². The van der Waals surface area contributed by atoms with E-state index in [0.717, 1.165) is 77.6 Å². The number of aliphatic hydroxyl groups is 1. The summed E-state index contributed by atoms with van der Waals surface area (Å²) in [7, 11) is 0. The van der Waals surface area contributed by atoms with Gasteiger partial charge in [0.15, 0.2) is 6.29 Å². The lowest BCUT2D eigenvalue weighted by molar-refractivity contribution is -0.276. The van der Waals surface area contributed by atoms with Gasteiger partial charge in [-0.2, -0.15) is 0 Å². The van der Waals surface area contributed by atoms with Crippen LogP contribution < -0.4 is 10.2 Å². The summed E-state index contributed by atoms with van der Waals surface area (Å²) in [4.78, 5) is 53.3. The van der Waals surface area contributed by atoms with Crippen molar-refractivity contribution in [1.82, 2.24) is 25.1 Å². The summed E-state index contributed by atoms with van der Waals surface area (Å²) in [5.74, 6) is -0.0152. The van der Waals surface area contributed by atoms with E-state index in [1.54, 1.807) is 12.4 Å². The lowest BCUT2D eigenvalue weighted by atomic mass is 9.89. The largest absolute Gasteiger partial charge is 0.445 e. The number of benzene rings is 4. The van der Waals surface area contributed by atoms with Crippen molar-refractivity contribution in [3.8, 4) is 11.1 Å². The highest BCUT2D eigenvalue weighted by Gasteiger charge is 2.41. The van der Waals surface area contributed by atoms with E-state index >= 15 is 0 Å². The second-order valence-electron chi connectivity index (χ2n) is 15.3. The van der Waals surface area contributed by atoms with Gasteiger partial charge in [-0.15, -0.1) is 0 Å². The summed E-state index contributed by atoms with van der Waals surface area (Å²) >= 11 is 0. The minimum atomic E-state index is -0.979. The molecule has 3 fully saturated rings.